The second-order valence-corrected chi connectivity index (χ2v) is 9.69. The molecule has 3 heterocycles. The Morgan fingerprint density at radius 2 is 2.06 bits per heavy atom. The largest absolute Gasteiger partial charge is 0.466 e. The summed E-state index contributed by atoms with van der Waals surface area (Å²) in [6, 6.07) is 12.8. The zero-order valence-corrected chi connectivity index (χ0v) is 20.5. The number of likely N-dealkylation sites (tertiary alicyclic amines) is 1. The zero-order chi connectivity index (χ0) is 25.4. The van der Waals surface area contributed by atoms with Crippen LogP contribution >= 0.6 is 0 Å². The van der Waals surface area contributed by atoms with Gasteiger partial charge in [-0.1, -0.05) is 36.4 Å². The molecule has 3 aliphatic heterocycles. The highest BCUT2D eigenvalue weighted by atomic mass is 16.6. The monoisotopic (exact) mass is 492 g/mol. The highest BCUT2D eigenvalue weighted by molar-refractivity contribution is 6.05. The van der Waals surface area contributed by atoms with Gasteiger partial charge in [-0.3, -0.25) is 14.4 Å². The van der Waals surface area contributed by atoms with Gasteiger partial charge >= 0.3 is 5.97 Å². The van der Waals surface area contributed by atoms with Gasteiger partial charge in [0.2, 0.25) is 5.91 Å². The molecule has 0 aromatic heterocycles. The number of hydrogen-bond donors (Lipinski definition) is 1. The topological polar surface area (TPSA) is 96.4 Å². The number of aliphatic hydroxyl groups is 1. The van der Waals surface area contributed by atoms with Crippen LogP contribution in [0.15, 0.2) is 55.1 Å². The molecule has 0 saturated carbocycles. The van der Waals surface area contributed by atoms with Gasteiger partial charge in [0.25, 0.3) is 5.91 Å². The number of aliphatic hydroxyl groups excluding tert-OH is 1. The maximum absolute atomic E-state index is 14.3. The lowest BCUT2D eigenvalue weighted by atomic mass is 9.70. The standard InChI is InChI=1S/C28H32N2O6/c1-3-14-29(20-11-10-18-8-5-6-9-19(18)17-20)26(33)24-28-13-12-21(36-28)22(27(34)35-4-2)23(28)25(32)30(24)15-7-16-31/h3,5-6,8-11,17,21-24,31H,1,4,7,12-16H2,2H3/t21-,22+,23-,24?,28?/m0/s1. The molecule has 2 aromatic rings. The van der Waals surface area contributed by atoms with Crippen molar-refractivity contribution in [3.05, 3.63) is 55.1 Å². The lowest BCUT2D eigenvalue weighted by molar-refractivity contribution is -0.154. The molecule has 0 aliphatic carbocycles. The van der Waals surface area contributed by atoms with Crippen LogP contribution < -0.4 is 4.90 Å². The van der Waals surface area contributed by atoms with Crippen LogP contribution in [0.4, 0.5) is 5.69 Å². The fourth-order valence-corrected chi connectivity index (χ4v) is 6.36. The first-order valence-electron chi connectivity index (χ1n) is 12.6. The van der Waals surface area contributed by atoms with E-state index in [1.807, 2.05) is 42.5 Å². The van der Waals surface area contributed by atoms with Crippen LogP contribution in [0.5, 0.6) is 0 Å². The highest BCUT2D eigenvalue weighted by Gasteiger charge is 2.75. The minimum Gasteiger partial charge on any atom is -0.466 e. The van der Waals surface area contributed by atoms with E-state index < -0.39 is 35.6 Å². The maximum Gasteiger partial charge on any atom is 0.312 e. The number of carbonyl (C=O) groups is 3. The van der Waals surface area contributed by atoms with Crippen molar-refractivity contribution < 1.29 is 29.0 Å². The van der Waals surface area contributed by atoms with E-state index in [1.165, 1.54) is 4.90 Å². The Bertz CT molecular complexity index is 1200. The summed E-state index contributed by atoms with van der Waals surface area (Å²) in [7, 11) is 0. The van der Waals surface area contributed by atoms with Crippen molar-refractivity contribution in [3.8, 4) is 0 Å². The van der Waals surface area contributed by atoms with Crippen LogP contribution in [0.25, 0.3) is 10.8 Å². The first kappa shape index (κ1) is 24.5. The van der Waals surface area contributed by atoms with Crippen LogP contribution in [0.2, 0.25) is 0 Å². The van der Waals surface area contributed by atoms with E-state index >= 15 is 0 Å². The molecular weight excluding hydrogens is 460 g/mol. The van der Waals surface area contributed by atoms with Gasteiger partial charge in [-0.25, -0.2) is 0 Å². The Morgan fingerprint density at radius 1 is 1.28 bits per heavy atom. The molecule has 2 aromatic carbocycles. The molecular formula is C28H32N2O6. The molecule has 8 nitrogen and oxygen atoms in total. The van der Waals surface area contributed by atoms with Gasteiger partial charge in [0.15, 0.2) is 0 Å². The molecule has 36 heavy (non-hydrogen) atoms. The minimum atomic E-state index is -1.10. The third-order valence-corrected chi connectivity index (χ3v) is 7.77. The summed E-state index contributed by atoms with van der Waals surface area (Å²) >= 11 is 0. The third-order valence-electron chi connectivity index (χ3n) is 7.77. The van der Waals surface area contributed by atoms with Crippen molar-refractivity contribution in [3.63, 3.8) is 0 Å². The number of rotatable bonds is 9. The molecule has 2 unspecified atom stereocenters. The average Bonchev–Trinajstić information content (AvgIpc) is 3.53. The fraction of sp³-hybridized carbons (Fsp3) is 0.464. The van der Waals surface area contributed by atoms with Gasteiger partial charge in [-0.2, -0.15) is 0 Å². The number of hydrogen-bond acceptors (Lipinski definition) is 6. The number of carbonyl (C=O) groups excluding carboxylic acids is 3. The van der Waals surface area contributed by atoms with Crippen LogP contribution in [0.1, 0.15) is 26.2 Å². The molecule has 3 saturated heterocycles. The lowest BCUT2D eigenvalue weighted by Gasteiger charge is -2.36. The number of anilines is 1. The molecule has 5 rings (SSSR count). The summed E-state index contributed by atoms with van der Waals surface area (Å²) in [6.07, 6.45) is 2.63. The van der Waals surface area contributed by atoms with E-state index in [1.54, 1.807) is 17.9 Å². The number of nitrogens with zero attached hydrogens (tertiary/aromatic N) is 2. The van der Waals surface area contributed by atoms with E-state index in [9.17, 15) is 19.5 Å². The van der Waals surface area contributed by atoms with Crippen LogP contribution in [0.3, 0.4) is 0 Å². The maximum atomic E-state index is 14.3. The molecule has 0 radical (unpaired) electrons. The molecule has 1 spiro atoms. The Morgan fingerprint density at radius 3 is 2.78 bits per heavy atom. The summed E-state index contributed by atoms with van der Waals surface area (Å²) in [6.45, 7) is 6.13. The van der Waals surface area contributed by atoms with Crippen molar-refractivity contribution in [1.82, 2.24) is 4.90 Å². The first-order valence-corrected chi connectivity index (χ1v) is 12.6. The van der Waals surface area contributed by atoms with Crippen molar-refractivity contribution in [1.29, 1.82) is 0 Å². The molecule has 2 amide bonds. The Labute approximate surface area is 210 Å². The molecule has 3 fully saturated rings. The summed E-state index contributed by atoms with van der Waals surface area (Å²) in [5.41, 5.74) is -0.398. The lowest BCUT2D eigenvalue weighted by Crippen LogP contribution is -2.56. The summed E-state index contributed by atoms with van der Waals surface area (Å²) in [5.74, 6) is -2.50. The van der Waals surface area contributed by atoms with Gasteiger partial charge in [0.05, 0.1) is 24.5 Å². The van der Waals surface area contributed by atoms with Crippen molar-refractivity contribution in [2.75, 3.05) is 31.2 Å². The molecule has 3 aliphatic rings. The molecule has 1 N–H and O–H groups in total. The molecule has 2 bridgehead atoms. The summed E-state index contributed by atoms with van der Waals surface area (Å²) in [5, 5.41) is 11.6. The number of benzene rings is 2. The fourth-order valence-electron chi connectivity index (χ4n) is 6.36. The normalized spacial score (nSPS) is 28.4. The predicted octanol–water partition coefficient (Wildman–Crippen LogP) is 2.68. The van der Waals surface area contributed by atoms with Gasteiger partial charge < -0.3 is 24.4 Å². The SMILES string of the molecule is C=CCN(C(=O)C1N(CCCO)C(=O)[C@@H]2[C@H](C(=O)OCC)[C@@H]3CCC12O3)c1ccc2ccccc2c1. The highest BCUT2D eigenvalue weighted by Crippen LogP contribution is 2.58. The van der Waals surface area contributed by atoms with E-state index in [-0.39, 0.29) is 38.1 Å². The van der Waals surface area contributed by atoms with E-state index in [2.05, 4.69) is 6.58 Å². The molecule has 8 heteroatoms. The molecule has 190 valence electrons. The van der Waals surface area contributed by atoms with Gasteiger partial charge in [-0.05, 0) is 49.1 Å². The second-order valence-electron chi connectivity index (χ2n) is 9.69. The Hall–Kier alpha value is -3.23. The minimum absolute atomic E-state index is 0.117. The number of esters is 1. The average molecular weight is 493 g/mol. The zero-order valence-electron chi connectivity index (χ0n) is 20.5. The van der Waals surface area contributed by atoms with Gasteiger partial charge in [-0.15, -0.1) is 6.58 Å². The van der Waals surface area contributed by atoms with E-state index in [4.69, 9.17) is 9.47 Å². The Kier molecular flexibility index (Phi) is 6.57. The number of ether oxygens (including phenoxy) is 2. The van der Waals surface area contributed by atoms with E-state index in [0.29, 0.717) is 24.9 Å². The predicted molar refractivity (Wildman–Crippen MR) is 134 cm³/mol. The van der Waals surface area contributed by atoms with Crippen LogP contribution in [0, 0.1) is 11.8 Å². The Balaban J connectivity index is 1.56. The van der Waals surface area contributed by atoms with Crippen molar-refractivity contribution in [2.45, 2.75) is 43.9 Å². The number of fused-ring (bicyclic) bond motifs is 2. The van der Waals surface area contributed by atoms with Crippen molar-refractivity contribution >= 4 is 34.2 Å². The summed E-state index contributed by atoms with van der Waals surface area (Å²) < 4.78 is 11.7. The second kappa shape index (κ2) is 9.67. The number of amides is 2. The first-order chi connectivity index (χ1) is 17.5. The third kappa shape index (κ3) is 3.71. The van der Waals surface area contributed by atoms with Gasteiger partial charge in [0, 0.05) is 25.4 Å². The van der Waals surface area contributed by atoms with Gasteiger partial charge in [0.1, 0.15) is 11.6 Å². The quantitative estimate of drug-likeness (QED) is 0.427. The smallest absolute Gasteiger partial charge is 0.312 e. The summed E-state index contributed by atoms with van der Waals surface area (Å²) in [4.78, 5) is 44.1. The van der Waals surface area contributed by atoms with Crippen molar-refractivity contribution in [2.24, 2.45) is 11.8 Å². The molecule has 5 atom stereocenters. The van der Waals surface area contributed by atoms with Crippen LogP contribution in [-0.4, -0.2) is 71.8 Å². The van der Waals surface area contributed by atoms with Crippen LogP contribution in [-0.2, 0) is 23.9 Å². The van der Waals surface area contributed by atoms with E-state index in [0.717, 1.165) is 10.8 Å².